The first-order valence-corrected chi connectivity index (χ1v) is 13.1. The summed E-state index contributed by atoms with van der Waals surface area (Å²) in [5.41, 5.74) is 0.425. The Morgan fingerprint density at radius 2 is 1.86 bits per heavy atom. The number of benzene rings is 2. The van der Waals surface area contributed by atoms with Crippen LogP contribution in [0.2, 0.25) is 5.02 Å². The zero-order chi connectivity index (χ0) is 27.2. The number of nitrogens with zero attached hydrogens (tertiary/aromatic N) is 3. The quantitative estimate of drug-likeness (QED) is 0.502. The van der Waals surface area contributed by atoms with E-state index in [1.54, 1.807) is 6.92 Å². The van der Waals surface area contributed by atoms with Gasteiger partial charge in [-0.1, -0.05) is 11.6 Å². The fourth-order valence-corrected chi connectivity index (χ4v) is 4.99. The molecule has 0 fully saturated rings. The molecule has 1 unspecified atom stereocenters. The Kier molecular flexibility index (Phi) is 7.01. The minimum Gasteiger partial charge on any atom is -0.487 e. The van der Waals surface area contributed by atoms with Crippen molar-refractivity contribution in [2.75, 3.05) is 22.1 Å². The average molecular weight is 554 g/mol. The summed E-state index contributed by atoms with van der Waals surface area (Å²) in [6.07, 6.45) is -0.399. The number of carbonyl (C=O) groups excluding carboxylic acids is 1. The molecule has 0 saturated heterocycles. The number of aliphatic hydroxyl groups is 1. The van der Waals surface area contributed by atoms with E-state index < -0.39 is 39.2 Å². The molecule has 13 heteroatoms. The number of halogens is 3. The largest absolute Gasteiger partial charge is 0.487 e. The van der Waals surface area contributed by atoms with Crippen molar-refractivity contribution in [3.8, 4) is 11.4 Å². The van der Waals surface area contributed by atoms with Crippen molar-refractivity contribution in [1.82, 2.24) is 4.57 Å². The van der Waals surface area contributed by atoms with Gasteiger partial charge >= 0.3 is 0 Å². The first-order valence-electron chi connectivity index (χ1n) is 10.9. The van der Waals surface area contributed by atoms with Gasteiger partial charge < -0.3 is 9.84 Å². The molecule has 1 atom stereocenters. The molecule has 1 aliphatic heterocycles. The number of aromatic nitrogens is 1. The van der Waals surface area contributed by atoms with Crippen LogP contribution in [0.15, 0.2) is 47.3 Å². The summed E-state index contributed by atoms with van der Waals surface area (Å²) in [7, 11) is -3.74. The van der Waals surface area contributed by atoms with E-state index in [9.17, 15) is 31.9 Å². The molecule has 0 aliphatic carbocycles. The molecular formula is C24H22ClF2N3O6S. The maximum Gasteiger partial charge on any atom is 0.277 e. The van der Waals surface area contributed by atoms with Crippen LogP contribution in [0, 0.1) is 18.6 Å². The number of ether oxygens (including phenoxy) is 1. The van der Waals surface area contributed by atoms with Crippen LogP contribution in [0.5, 0.6) is 5.75 Å². The number of pyridine rings is 1. The van der Waals surface area contributed by atoms with Crippen LogP contribution in [-0.4, -0.2) is 43.0 Å². The van der Waals surface area contributed by atoms with Crippen molar-refractivity contribution in [3.05, 3.63) is 80.7 Å². The summed E-state index contributed by atoms with van der Waals surface area (Å²) in [5.74, 6) is -2.28. The Labute approximate surface area is 216 Å². The van der Waals surface area contributed by atoms with Gasteiger partial charge in [0.15, 0.2) is 0 Å². The van der Waals surface area contributed by atoms with Crippen molar-refractivity contribution in [1.29, 1.82) is 0 Å². The molecule has 0 radical (unpaired) electrons. The van der Waals surface area contributed by atoms with Gasteiger partial charge in [-0.15, -0.1) is 0 Å². The van der Waals surface area contributed by atoms with Gasteiger partial charge in [-0.25, -0.2) is 21.5 Å². The third kappa shape index (κ3) is 5.04. The van der Waals surface area contributed by atoms with E-state index in [4.69, 9.17) is 16.3 Å². The smallest absolute Gasteiger partial charge is 0.277 e. The zero-order valence-electron chi connectivity index (χ0n) is 19.9. The minimum absolute atomic E-state index is 0.0144. The molecular weight excluding hydrogens is 532 g/mol. The van der Waals surface area contributed by atoms with E-state index in [-0.39, 0.29) is 46.7 Å². The van der Waals surface area contributed by atoms with E-state index in [1.807, 2.05) is 0 Å². The summed E-state index contributed by atoms with van der Waals surface area (Å²) in [5, 5.41) is 9.51. The number of aliphatic hydroxyl groups excluding tert-OH is 1. The van der Waals surface area contributed by atoms with Crippen molar-refractivity contribution in [2.45, 2.75) is 26.6 Å². The highest BCUT2D eigenvalue weighted by molar-refractivity contribution is 7.92. The lowest BCUT2D eigenvalue weighted by molar-refractivity contribution is -0.125. The van der Waals surface area contributed by atoms with Gasteiger partial charge in [0.25, 0.3) is 11.5 Å². The SMILES string of the molecule is Cc1cc(OCc2ccc(F)cc2F)c(Cl)c(=O)n1-c1ccc2c(c1)N(C(=O)C(C)O)CN2S(C)(=O)=O. The third-order valence-electron chi connectivity index (χ3n) is 5.77. The highest BCUT2D eigenvalue weighted by atomic mass is 35.5. The molecule has 0 spiro atoms. The van der Waals surface area contributed by atoms with Crippen LogP contribution < -0.4 is 19.5 Å². The molecule has 1 aromatic heterocycles. The van der Waals surface area contributed by atoms with Crippen LogP contribution in [0.4, 0.5) is 20.2 Å². The number of amides is 1. The number of aryl methyl sites for hydroxylation is 1. The molecule has 3 aromatic rings. The number of carbonyl (C=O) groups is 1. The summed E-state index contributed by atoms with van der Waals surface area (Å²) < 4.78 is 59.4. The summed E-state index contributed by atoms with van der Waals surface area (Å²) >= 11 is 6.28. The number of rotatable bonds is 6. The molecule has 2 aromatic carbocycles. The highest BCUT2D eigenvalue weighted by Crippen LogP contribution is 2.39. The first kappa shape index (κ1) is 26.6. The third-order valence-corrected chi connectivity index (χ3v) is 7.23. The molecule has 1 aliphatic rings. The van der Waals surface area contributed by atoms with Crippen LogP contribution in [0.25, 0.3) is 5.69 Å². The van der Waals surface area contributed by atoms with E-state index in [1.165, 1.54) is 41.8 Å². The fourth-order valence-electron chi connectivity index (χ4n) is 3.96. The molecule has 1 amide bonds. The molecule has 9 nitrogen and oxygen atoms in total. The normalized spacial score (nSPS) is 14.0. The molecule has 4 rings (SSSR count). The summed E-state index contributed by atoms with van der Waals surface area (Å²) in [6, 6.07) is 8.86. The first-order chi connectivity index (χ1) is 17.3. The summed E-state index contributed by atoms with van der Waals surface area (Å²) in [6.45, 7) is 2.23. The van der Waals surface area contributed by atoms with Crippen LogP contribution in [-0.2, 0) is 21.4 Å². The number of hydrogen-bond donors (Lipinski definition) is 1. The van der Waals surface area contributed by atoms with Crippen molar-refractivity contribution < 1.29 is 31.8 Å². The average Bonchev–Trinajstić information content (AvgIpc) is 3.20. The molecule has 196 valence electrons. The highest BCUT2D eigenvalue weighted by Gasteiger charge is 2.36. The predicted octanol–water partition coefficient (Wildman–Crippen LogP) is 3.11. The minimum atomic E-state index is -3.74. The monoisotopic (exact) mass is 553 g/mol. The lowest BCUT2D eigenvalue weighted by Crippen LogP contribution is -2.42. The number of fused-ring (bicyclic) bond motifs is 1. The number of sulfonamides is 1. The number of anilines is 2. The van der Waals surface area contributed by atoms with E-state index in [0.29, 0.717) is 11.8 Å². The molecule has 37 heavy (non-hydrogen) atoms. The Balaban J connectivity index is 1.74. The zero-order valence-corrected chi connectivity index (χ0v) is 21.5. The van der Waals surface area contributed by atoms with Gasteiger partial charge in [-0.05, 0) is 44.2 Å². The lowest BCUT2D eigenvalue weighted by Gasteiger charge is -2.20. The van der Waals surface area contributed by atoms with Crippen LogP contribution in [0.3, 0.4) is 0 Å². The van der Waals surface area contributed by atoms with Gasteiger partial charge in [-0.3, -0.25) is 19.1 Å². The van der Waals surface area contributed by atoms with Gasteiger partial charge in [0, 0.05) is 23.4 Å². The maximum atomic E-state index is 13.9. The van der Waals surface area contributed by atoms with Crippen molar-refractivity contribution in [2.24, 2.45) is 0 Å². The second-order valence-corrected chi connectivity index (χ2v) is 10.8. The van der Waals surface area contributed by atoms with Gasteiger partial charge in [0.1, 0.15) is 41.8 Å². The standard InChI is InChI=1S/C24H22ClF2N3O6S/c1-13-8-21(36-11-15-4-5-16(26)9-18(15)27)22(25)24(33)30(13)17-6-7-19-20(10-17)28(23(32)14(2)31)12-29(19)37(3,34)35/h4-10,14,31H,11-12H2,1-3H3. The fraction of sp³-hybridized carbons (Fsp3) is 0.250. The Morgan fingerprint density at radius 3 is 2.49 bits per heavy atom. The van der Waals surface area contributed by atoms with Crippen LogP contribution in [0.1, 0.15) is 18.2 Å². The van der Waals surface area contributed by atoms with E-state index >= 15 is 0 Å². The Bertz CT molecular complexity index is 1580. The Hall–Kier alpha value is -3.48. The van der Waals surface area contributed by atoms with Crippen molar-refractivity contribution in [3.63, 3.8) is 0 Å². The predicted molar refractivity (Wildman–Crippen MR) is 134 cm³/mol. The van der Waals surface area contributed by atoms with Crippen LogP contribution >= 0.6 is 11.6 Å². The van der Waals surface area contributed by atoms with Gasteiger partial charge in [0.2, 0.25) is 10.0 Å². The second-order valence-electron chi connectivity index (χ2n) is 8.50. The second kappa shape index (κ2) is 9.77. The Morgan fingerprint density at radius 1 is 1.16 bits per heavy atom. The van der Waals surface area contributed by atoms with Gasteiger partial charge in [-0.2, -0.15) is 0 Å². The van der Waals surface area contributed by atoms with Gasteiger partial charge in [0.05, 0.1) is 23.3 Å². The molecule has 0 bridgehead atoms. The molecule has 0 saturated carbocycles. The maximum absolute atomic E-state index is 13.9. The lowest BCUT2D eigenvalue weighted by atomic mass is 10.2. The number of hydrogen-bond acceptors (Lipinski definition) is 6. The topological polar surface area (TPSA) is 109 Å². The molecule has 1 N–H and O–H groups in total. The molecule has 2 heterocycles. The van der Waals surface area contributed by atoms with Crippen molar-refractivity contribution >= 4 is 38.9 Å². The summed E-state index contributed by atoms with van der Waals surface area (Å²) in [4.78, 5) is 26.9. The van der Waals surface area contributed by atoms with E-state index in [0.717, 1.165) is 21.5 Å². The van der Waals surface area contributed by atoms with E-state index in [2.05, 4.69) is 0 Å².